The summed E-state index contributed by atoms with van der Waals surface area (Å²) in [7, 11) is -4.46. The number of carbonyl (C=O) groups is 1. The quantitative estimate of drug-likeness (QED) is 0.340. The van der Waals surface area contributed by atoms with Crippen molar-refractivity contribution >= 4 is 16.4 Å². The Morgan fingerprint density at radius 2 is 1.80 bits per heavy atom. The number of benzene rings is 1. The Morgan fingerprint density at radius 3 is 2.20 bits per heavy atom. The SMILES string of the molecule is O=CCC(c1ccccc1)S(=O)(=O)[O-].[Na+]. The summed E-state index contributed by atoms with van der Waals surface area (Å²) < 4.78 is 32.4. The van der Waals surface area contributed by atoms with Gasteiger partial charge in [0.15, 0.2) is 0 Å². The van der Waals surface area contributed by atoms with Gasteiger partial charge in [-0.25, -0.2) is 8.42 Å². The molecule has 0 bridgehead atoms. The van der Waals surface area contributed by atoms with Gasteiger partial charge in [0.25, 0.3) is 0 Å². The van der Waals surface area contributed by atoms with Gasteiger partial charge in [0, 0.05) is 6.42 Å². The van der Waals surface area contributed by atoms with Crippen LogP contribution >= 0.6 is 0 Å². The molecule has 0 amide bonds. The number of carbonyl (C=O) groups excluding carboxylic acids is 1. The van der Waals surface area contributed by atoms with Crippen molar-refractivity contribution in [2.45, 2.75) is 11.7 Å². The number of hydrogen-bond acceptors (Lipinski definition) is 4. The van der Waals surface area contributed by atoms with Crippen molar-refractivity contribution < 1.29 is 47.3 Å². The van der Waals surface area contributed by atoms with Gasteiger partial charge in [-0.3, -0.25) is 0 Å². The second-order valence-electron chi connectivity index (χ2n) is 2.79. The molecule has 0 aliphatic carbocycles. The van der Waals surface area contributed by atoms with E-state index in [1.165, 1.54) is 12.1 Å². The Bertz CT molecular complexity index is 401. The topological polar surface area (TPSA) is 74.3 Å². The molecule has 0 fully saturated rings. The third kappa shape index (κ3) is 4.44. The number of rotatable bonds is 4. The Kier molecular flexibility index (Phi) is 6.31. The molecule has 1 rings (SSSR count). The summed E-state index contributed by atoms with van der Waals surface area (Å²) in [6.45, 7) is 0. The van der Waals surface area contributed by atoms with Gasteiger partial charge < -0.3 is 9.35 Å². The van der Waals surface area contributed by atoms with Crippen molar-refractivity contribution in [3.8, 4) is 0 Å². The molecule has 1 unspecified atom stereocenters. The van der Waals surface area contributed by atoms with E-state index in [1.54, 1.807) is 18.2 Å². The van der Waals surface area contributed by atoms with E-state index in [1.807, 2.05) is 0 Å². The van der Waals surface area contributed by atoms with Crippen LogP contribution in [-0.4, -0.2) is 19.3 Å². The van der Waals surface area contributed by atoms with Crippen molar-refractivity contribution in [3.05, 3.63) is 35.9 Å². The van der Waals surface area contributed by atoms with Crippen molar-refractivity contribution in [1.82, 2.24) is 0 Å². The van der Waals surface area contributed by atoms with Crippen LogP contribution in [0.15, 0.2) is 30.3 Å². The van der Waals surface area contributed by atoms with Gasteiger partial charge in [-0.15, -0.1) is 0 Å². The van der Waals surface area contributed by atoms with Gasteiger partial charge in [0.05, 0.1) is 5.25 Å². The molecule has 0 saturated carbocycles. The van der Waals surface area contributed by atoms with E-state index < -0.39 is 15.4 Å². The van der Waals surface area contributed by atoms with Gasteiger partial charge in [-0.2, -0.15) is 0 Å². The molecule has 0 N–H and O–H groups in total. The van der Waals surface area contributed by atoms with Crippen molar-refractivity contribution in [2.24, 2.45) is 0 Å². The summed E-state index contributed by atoms with van der Waals surface area (Å²) >= 11 is 0. The van der Waals surface area contributed by atoms with Crippen LogP contribution in [0, 0.1) is 0 Å². The molecule has 0 heterocycles. The molecule has 15 heavy (non-hydrogen) atoms. The average molecular weight is 236 g/mol. The Morgan fingerprint density at radius 1 is 1.27 bits per heavy atom. The monoisotopic (exact) mass is 236 g/mol. The molecule has 0 spiro atoms. The smallest absolute Gasteiger partial charge is 0.747 e. The maximum absolute atomic E-state index is 10.8. The molecule has 1 aromatic carbocycles. The van der Waals surface area contributed by atoms with Gasteiger partial charge in [-0.05, 0) is 5.56 Å². The summed E-state index contributed by atoms with van der Waals surface area (Å²) in [5.74, 6) is 0. The summed E-state index contributed by atoms with van der Waals surface area (Å²) in [4.78, 5) is 10.2. The summed E-state index contributed by atoms with van der Waals surface area (Å²) in [5, 5.41) is -1.26. The maximum atomic E-state index is 10.8. The first-order valence-corrected chi connectivity index (χ1v) is 5.46. The largest absolute Gasteiger partial charge is 1.00 e. The number of hydrogen-bond donors (Lipinski definition) is 0. The minimum absolute atomic E-state index is 0. The normalized spacial score (nSPS) is 12.6. The van der Waals surface area contributed by atoms with E-state index in [9.17, 15) is 17.8 Å². The third-order valence-electron chi connectivity index (χ3n) is 1.83. The molecular formula is C9H9NaO4S. The van der Waals surface area contributed by atoms with E-state index in [4.69, 9.17) is 0 Å². The van der Waals surface area contributed by atoms with Crippen LogP contribution in [0.1, 0.15) is 17.2 Å². The van der Waals surface area contributed by atoms with E-state index in [0.717, 1.165) is 0 Å². The van der Waals surface area contributed by atoms with E-state index >= 15 is 0 Å². The van der Waals surface area contributed by atoms with Gasteiger partial charge in [-0.1, -0.05) is 30.3 Å². The van der Waals surface area contributed by atoms with Crippen molar-refractivity contribution in [3.63, 3.8) is 0 Å². The van der Waals surface area contributed by atoms with E-state index in [0.29, 0.717) is 11.8 Å². The maximum Gasteiger partial charge on any atom is 1.00 e. The van der Waals surface area contributed by atoms with Crippen molar-refractivity contribution in [1.29, 1.82) is 0 Å². The molecule has 1 atom stereocenters. The molecule has 0 saturated heterocycles. The molecular weight excluding hydrogens is 227 g/mol. The van der Waals surface area contributed by atoms with E-state index in [-0.39, 0.29) is 36.0 Å². The zero-order chi connectivity index (χ0) is 10.6. The predicted molar refractivity (Wildman–Crippen MR) is 49.6 cm³/mol. The molecule has 76 valence electrons. The standard InChI is InChI=1S/C9H10O4S.Na/c10-7-6-9(14(11,12)13)8-4-2-1-3-5-8;/h1-5,7,9H,6H2,(H,11,12,13);/q;+1/p-1. The zero-order valence-electron chi connectivity index (χ0n) is 8.29. The van der Waals surface area contributed by atoms with Crippen LogP contribution in [0.2, 0.25) is 0 Å². The second kappa shape index (κ2) is 6.40. The van der Waals surface area contributed by atoms with Crippen LogP contribution in [0.3, 0.4) is 0 Å². The Hall–Kier alpha value is -0.200. The first-order valence-electron chi connectivity index (χ1n) is 3.99. The van der Waals surface area contributed by atoms with Gasteiger partial charge in [0.2, 0.25) is 0 Å². The zero-order valence-corrected chi connectivity index (χ0v) is 11.1. The molecule has 0 aromatic heterocycles. The molecule has 1 aromatic rings. The predicted octanol–water partition coefficient (Wildman–Crippen LogP) is -2.13. The Balaban J connectivity index is 0.00000196. The average Bonchev–Trinajstić information content (AvgIpc) is 2.14. The van der Waals surface area contributed by atoms with Crippen LogP contribution in [0.25, 0.3) is 0 Å². The summed E-state index contributed by atoms with van der Waals surface area (Å²) in [5.41, 5.74) is 0.356. The molecule has 6 heteroatoms. The van der Waals surface area contributed by atoms with Crippen LogP contribution in [-0.2, 0) is 14.9 Å². The number of aldehydes is 1. The van der Waals surface area contributed by atoms with Crippen molar-refractivity contribution in [2.75, 3.05) is 0 Å². The van der Waals surface area contributed by atoms with Crippen LogP contribution in [0.5, 0.6) is 0 Å². The molecule has 0 aliphatic rings. The van der Waals surface area contributed by atoms with Crippen LogP contribution < -0.4 is 29.6 Å². The minimum Gasteiger partial charge on any atom is -0.747 e. The first kappa shape index (κ1) is 14.8. The second-order valence-corrected chi connectivity index (χ2v) is 4.35. The fourth-order valence-electron chi connectivity index (χ4n) is 1.18. The minimum atomic E-state index is -4.46. The summed E-state index contributed by atoms with van der Waals surface area (Å²) in [6, 6.07) is 7.99. The Labute approximate surface area is 111 Å². The third-order valence-corrected chi connectivity index (χ3v) is 2.99. The van der Waals surface area contributed by atoms with Crippen LogP contribution in [0.4, 0.5) is 0 Å². The first-order chi connectivity index (χ1) is 6.55. The van der Waals surface area contributed by atoms with E-state index in [2.05, 4.69) is 0 Å². The molecule has 4 nitrogen and oxygen atoms in total. The summed E-state index contributed by atoms with van der Waals surface area (Å²) in [6.07, 6.45) is 0.142. The molecule has 0 aliphatic heterocycles. The fraction of sp³-hybridized carbons (Fsp3) is 0.222. The fourth-order valence-corrected chi connectivity index (χ4v) is 1.98. The molecule has 0 radical (unpaired) electrons. The van der Waals surface area contributed by atoms with Gasteiger partial charge in [0.1, 0.15) is 16.4 Å². The van der Waals surface area contributed by atoms with Gasteiger partial charge >= 0.3 is 29.6 Å².